The number of likely N-dealkylation sites (tertiary alicyclic amines) is 1. The molecule has 0 spiro atoms. The largest absolute Gasteiger partial charge is 0.307 e. The topological polar surface area (TPSA) is 15.3 Å². The Morgan fingerprint density at radius 1 is 1.32 bits per heavy atom. The van der Waals surface area contributed by atoms with Crippen LogP contribution in [0.3, 0.4) is 0 Å². The Labute approximate surface area is 118 Å². The van der Waals surface area contributed by atoms with Crippen LogP contribution in [-0.4, -0.2) is 31.1 Å². The molecule has 2 nitrogen and oxygen atoms in total. The molecule has 2 rings (SSSR count). The summed E-state index contributed by atoms with van der Waals surface area (Å²) >= 11 is 0. The van der Waals surface area contributed by atoms with E-state index < -0.39 is 0 Å². The predicted molar refractivity (Wildman–Crippen MR) is 82.5 cm³/mol. The third kappa shape index (κ3) is 3.58. The molecule has 0 aliphatic carbocycles. The first kappa shape index (κ1) is 14.5. The molecule has 0 aromatic heterocycles. The lowest BCUT2D eigenvalue weighted by Crippen LogP contribution is -2.47. The molecule has 19 heavy (non-hydrogen) atoms. The number of hydrogen-bond donors (Lipinski definition) is 1. The van der Waals surface area contributed by atoms with E-state index in [9.17, 15) is 0 Å². The minimum Gasteiger partial charge on any atom is -0.307 e. The summed E-state index contributed by atoms with van der Waals surface area (Å²) in [6, 6.07) is 7.85. The van der Waals surface area contributed by atoms with Crippen molar-refractivity contribution in [1.82, 2.24) is 10.2 Å². The second kappa shape index (κ2) is 6.06. The molecule has 3 atom stereocenters. The van der Waals surface area contributed by atoms with Crippen molar-refractivity contribution < 1.29 is 0 Å². The molecule has 106 valence electrons. The van der Waals surface area contributed by atoms with Crippen molar-refractivity contribution in [3.05, 3.63) is 34.9 Å². The van der Waals surface area contributed by atoms with Gasteiger partial charge in [-0.3, -0.25) is 0 Å². The lowest BCUT2D eigenvalue weighted by molar-refractivity contribution is 0.168. The zero-order valence-electron chi connectivity index (χ0n) is 13.0. The highest BCUT2D eigenvalue weighted by molar-refractivity contribution is 5.32. The zero-order chi connectivity index (χ0) is 14.0. The minimum atomic E-state index is 0.441. The molecule has 3 unspecified atom stereocenters. The molecule has 0 amide bonds. The summed E-state index contributed by atoms with van der Waals surface area (Å²) < 4.78 is 0. The zero-order valence-corrected chi connectivity index (χ0v) is 13.0. The number of benzene rings is 1. The van der Waals surface area contributed by atoms with Gasteiger partial charge in [0.1, 0.15) is 0 Å². The molecule has 1 heterocycles. The van der Waals surface area contributed by atoms with E-state index in [0.717, 1.165) is 5.92 Å². The minimum absolute atomic E-state index is 0.441. The van der Waals surface area contributed by atoms with Crippen molar-refractivity contribution in [2.75, 3.05) is 20.1 Å². The van der Waals surface area contributed by atoms with Crippen LogP contribution in [-0.2, 0) is 0 Å². The van der Waals surface area contributed by atoms with Crippen molar-refractivity contribution >= 4 is 0 Å². The van der Waals surface area contributed by atoms with Crippen LogP contribution in [0.1, 0.15) is 43.0 Å². The third-order valence-electron chi connectivity index (χ3n) is 4.47. The van der Waals surface area contributed by atoms with Gasteiger partial charge >= 0.3 is 0 Å². The van der Waals surface area contributed by atoms with Gasteiger partial charge in [0.25, 0.3) is 0 Å². The first-order valence-corrected chi connectivity index (χ1v) is 7.49. The van der Waals surface area contributed by atoms with E-state index in [4.69, 9.17) is 0 Å². The van der Waals surface area contributed by atoms with Gasteiger partial charge in [0.15, 0.2) is 0 Å². The Balaban J connectivity index is 2.04. The maximum Gasteiger partial charge on any atom is 0.0297 e. The van der Waals surface area contributed by atoms with Crippen LogP contribution in [0, 0.1) is 19.8 Å². The van der Waals surface area contributed by atoms with Crippen LogP contribution >= 0.6 is 0 Å². The average Bonchev–Trinajstić information content (AvgIpc) is 2.35. The van der Waals surface area contributed by atoms with Gasteiger partial charge in [0.05, 0.1) is 0 Å². The fourth-order valence-corrected chi connectivity index (χ4v) is 3.24. The van der Waals surface area contributed by atoms with Gasteiger partial charge in [-0.05, 0) is 57.8 Å². The lowest BCUT2D eigenvalue weighted by atomic mass is 9.92. The Bertz CT molecular complexity index is 427. The van der Waals surface area contributed by atoms with Crippen LogP contribution in [0.5, 0.6) is 0 Å². The number of aryl methyl sites for hydroxylation is 2. The highest BCUT2D eigenvalue weighted by atomic mass is 15.1. The standard InChI is InChI=1S/C17H28N2/c1-12-6-7-13(2)16(10-12)15(4)18-17-8-9-19(5)11-14(17)3/h6-7,10,14-15,17-18H,8-9,11H2,1-5H3. The van der Waals surface area contributed by atoms with Crippen molar-refractivity contribution in [2.45, 2.75) is 46.2 Å². The van der Waals surface area contributed by atoms with Crippen molar-refractivity contribution in [3.63, 3.8) is 0 Å². The van der Waals surface area contributed by atoms with Crippen molar-refractivity contribution in [3.8, 4) is 0 Å². The molecule has 2 heteroatoms. The highest BCUT2D eigenvalue weighted by Gasteiger charge is 2.25. The Morgan fingerprint density at radius 3 is 2.74 bits per heavy atom. The first-order valence-electron chi connectivity index (χ1n) is 7.49. The van der Waals surface area contributed by atoms with Gasteiger partial charge in [-0.1, -0.05) is 30.7 Å². The number of piperidine rings is 1. The van der Waals surface area contributed by atoms with Gasteiger partial charge in [0.2, 0.25) is 0 Å². The summed E-state index contributed by atoms with van der Waals surface area (Å²) in [6.07, 6.45) is 1.26. The third-order valence-corrected chi connectivity index (χ3v) is 4.47. The molecule has 1 aromatic carbocycles. The van der Waals surface area contributed by atoms with Crippen LogP contribution in [0.4, 0.5) is 0 Å². The lowest BCUT2D eigenvalue weighted by Gasteiger charge is -2.37. The molecular formula is C17H28N2. The van der Waals surface area contributed by atoms with Crippen molar-refractivity contribution in [2.24, 2.45) is 5.92 Å². The van der Waals surface area contributed by atoms with Gasteiger partial charge in [-0.25, -0.2) is 0 Å². The Kier molecular flexibility index (Phi) is 4.64. The highest BCUT2D eigenvalue weighted by Crippen LogP contribution is 2.23. The predicted octanol–water partition coefficient (Wildman–Crippen LogP) is 3.29. The number of nitrogens with one attached hydrogen (secondary N) is 1. The summed E-state index contributed by atoms with van der Waals surface area (Å²) in [5.41, 5.74) is 4.20. The van der Waals surface area contributed by atoms with Crippen LogP contribution in [0.25, 0.3) is 0 Å². The molecule has 1 fully saturated rings. The van der Waals surface area contributed by atoms with Crippen LogP contribution in [0.15, 0.2) is 18.2 Å². The Morgan fingerprint density at radius 2 is 2.05 bits per heavy atom. The Hall–Kier alpha value is -0.860. The van der Waals surface area contributed by atoms with E-state index in [1.165, 1.54) is 36.2 Å². The smallest absolute Gasteiger partial charge is 0.0297 e. The number of rotatable bonds is 3. The van der Waals surface area contributed by atoms with Crippen molar-refractivity contribution in [1.29, 1.82) is 0 Å². The van der Waals surface area contributed by atoms with E-state index >= 15 is 0 Å². The van der Waals surface area contributed by atoms with E-state index in [1.807, 2.05) is 0 Å². The summed E-state index contributed by atoms with van der Waals surface area (Å²) in [6.45, 7) is 11.5. The molecular weight excluding hydrogens is 232 g/mol. The van der Waals surface area contributed by atoms with Crippen LogP contribution in [0.2, 0.25) is 0 Å². The normalized spacial score (nSPS) is 26.4. The second-order valence-corrected chi connectivity index (χ2v) is 6.38. The fourth-order valence-electron chi connectivity index (χ4n) is 3.24. The molecule has 1 aromatic rings. The van der Waals surface area contributed by atoms with E-state index in [-0.39, 0.29) is 0 Å². The average molecular weight is 260 g/mol. The van der Waals surface area contributed by atoms with Crippen LogP contribution < -0.4 is 5.32 Å². The monoisotopic (exact) mass is 260 g/mol. The number of nitrogens with zero attached hydrogens (tertiary/aromatic N) is 1. The van der Waals surface area contributed by atoms with E-state index in [1.54, 1.807) is 0 Å². The molecule has 0 bridgehead atoms. The summed E-state index contributed by atoms with van der Waals surface area (Å²) in [4.78, 5) is 2.44. The van der Waals surface area contributed by atoms with Gasteiger partial charge in [-0.15, -0.1) is 0 Å². The summed E-state index contributed by atoms with van der Waals surface area (Å²) in [5, 5.41) is 3.85. The van der Waals surface area contributed by atoms with E-state index in [2.05, 4.69) is 63.2 Å². The second-order valence-electron chi connectivity index (χ2n) is 6.38. The first-order chi connectivity index (χ1) is 8.97. The molecule has 1 saturated heterocycles. The quantitative estimate of drug-likeness (QED) is 0.897. The maximum atomic E-state index is 3.85. The van der Waals surface area contributed by atoms with Gasteiger partial charge in [0, 0.05) is 18.6 Å². The molecule has 0 radical (unpaired) electrons. The maximum absolute atomic E-state index is 3.85. The van der Waals surface area contributed by atoms with Gasteiger partial charge < -0.3 is 10.2 Å². The SMILES string of the molecule is Cc1ccc(C)c(C(C)NC2CCN(C)CC2C)c1. The molecule has 1 aliphatic rings. The molecule has 1 aliphatic heterocycles. The summed E-state index contributed by atoms with van der Waals surface area (Å²) in [7, 11) is 2.22. The fraction of sp³-hybridized carbons (Fsp3) is 0.647. The molecule has 0 saturated carbocycles. The number of hydrogen-bond acceptors (Lipinski definition) is 2. The van der Waals surface area contributed by atoms with E-state index in [0.29, 0.717) is 12.1 Å². The molecule has 1 N–H and O–H groups in total. The van der Waals surface area contributed by atoms with Gasteiger partial charge in [-0.2, -0.15) is 0 Å². The summed E-state index contributed by atoms with van der Waals surface area (Å²) in [5.74, 6) is 0.728.